The first-order chi connectivity index (χ1) is 21.7. The molecular weight excluding hydrogens is 589 g/mol. The standard InChI is InChI=1S/C34H38FN3O4S.C2H6/c1-24-14-18-38(19-15-24)17-6-20-42-33-23-31-29(22-32(33)41-3)26(13-16-36-31)9-10-27-11-12-28(21-30(27)35)37-43(39,40)34-8-5-4-7-25(34)2;1-2/h4-5,7-13,16,21-24,37H,6,14-15,17-20H2,1-3H3;1-2H3/b10-9-;. The maximum Gasteiger partial charge on any atom is 0.262 e. The fourth-order valence-electron chi connectivity index (χ4n) is 5.32. The van der Waals surface area contributed by atoms with Crippen molar-refractivity contribution >= 4 is 38.8 Å². The maximum absolute atomic E-state index is 15.0. The van der Waals surface area contributed by atoms with Crippen LogP contribution in [-0.4, -0.2) is 51.7 Å². The minimum atomic E-state index is -3.84. The maximum atomic E-state index is 15.0. The smallest absolute Gasteiger partial charge is 0.262 e. The van der Waals surface area contributed by atoms with Crippen LogP contribution in [0.3, 0.4) is 0 Å². The Morgan fingerprint density at radius 3 is 2.44 bits per heavy atom. The van der Waals surface area contributed by atoms with Gasteiger partial charge in [0.15, 0.2) is 11.5 Å². The first-order valence-corrected chi connectivity index (χ1v) is 17.1. The molecule has 45 heavy (non-hydrogen) atoms. The van der Waals surface area contributed by atoms with Crippen LogP contribution in [0.4, 0.5) is 10.1 Å². The third-order valence-electron chi connectivity index (χ3n) is 7.89. The van der Waals surface area contributed by atoms with Crippen LogP contribution >= 0.6 is 0 Å². The molecule has 0 saturated carbocycles. The van der Waals surface area contributed by atoms with Crippen molar-refractivity contribution in [1.29, 1.82) is 0 Å². The number of aromatic nitrogens is 1. The molecule has 0 unspecified atom stereocenters. The number of benzene rings is 3. The molecular formula is C36H44FN3O4S. The van der Waals surface area contributed by atoms with Crippen molar-refractivity contribution in [3.05, 3.63) is 89.4 Å². The van der Waals surface area contributed by atoms with Gasteiger partial charge in [0.05, 0.1) is 29.8 Å². The molecule has 5 rings (SSSR count). The number of sulfonamides is 1. The van der Waals surface area contributed by atoms with E-state index in [-0.39, 0.29) is 10.6 Å². The Morgan fingerprint density at radius 2 is 1.73 bits per heavy atom. The average molecular weight is 634 g/mol. The van der Waals surface area contributed by atoms with E-state index >= 15 is 4.39 Å². The number of ether oxygens (including phenoxy) is 2. The van der Waals surface area contributed by atoms with Gasteiger partial charge in [-0.1, -0.05) is 51.1 Å². The van der Waals surface area contributed by atoms with Crippen molar-refractivity contribution in [1.82, 2.24) is 9.88 Å². The molecule has 3 aromatic carbocycles. The van der Waals surface area contributed by atoms with Crippen molar-refractivity contribution in [3.63, 3.8) is 0 Å². The second-order valence-electron chi connectivity index (χ2n) is 11.1. The van der Waals surface area contributed by atoms with E-state index in [9.17, 15) is 8.42 Å². The van der Waals surface area contributed by atoms with Crippen molar-refractivity contribution in [2.75, 3.05) is 38.1 Å². The van der Waals surface area contributed by atoms with E-state index in [2.05, 4.69) is 21.5 Å². The van der Waals surface area contributed by atoms with Gasteiger partial charge >= 0.3 is 0 Å². The quantitative estimate of drug-likeness (QED) is 0.168. The molecule has 2 heterocycles. The van der Waals surface area contributed by atoms with Gasteiger partial charge in [-0.05, 0) is 92.7 Å². The number of methoxy groups -OCH3 is 1. The predicted octanol–water partition coefficient (Wildman–Crippen LogP) is 8.19. The summed E-state index contributed by atoms with van der Waals surface area (Å²) in [6, 6.07) is 16.5. The number of rotatable bonds is 11. The molecule has 0 bridgehead atoms. The van der Waals surface area contributed by atoms with Crippen molar-refractivity contribution in [2.45, 2.75) is 51.9 Å². The number of halogens is 1. The summed E-state index contributed by atoms with van der Waals surface area (Å²) in [5.74, 6) is 1.52. The summed E-state index contributed by atoms with van der Waals surface area (Å²) in [7, 11) is -2.23. The Hall–Kier alpha value is -3.95. The first-order valence-electron chi connectivity index (χ1n) is 15.6. The highest BCUT2D eigenvalue weighted by atomic mass is 32.2. The molecule has 240 valence electrons. The molecule has 0 spiro atoms. The molecule has 1 saturated heterocycles. The van der Waals surface area contributed by atoms with Crippen molar-refractivity contribution < 1.29 is 22.3 Å². The average Bonchev–Trinajstić information content (AvgIpc) is 3.04. The van der Waals surface area contributed by atoms with Crippen LogP contribution in [0.15, 0.2) is 71.8 Å². The first kappa shape index (κ1) is 33.9. The zero-order chi connectivity index (χ0) is 32.4. The van der Waals surface area contributed by atoms with Gasteiger partial charge in [-0.15, -0.1) is 0 Å². The zero-order valence-corrected chi connectivity index (χ0v) is 27.7. The van der Waals surface area contributed by atoms with Gasteiger partial charge in [-0.3, -0.25) is 9.71 Å². The Kier molecular flexibility index (Phi) is 12.0. The van der Waals surface area contributed by atoms with Crippen LogP contribution < -0.4 is 14.2 Å². The lowest BCUT2D eigenvalue weighted by molar-refractivity contribution is 0.176. The number of anilines is 1. The minimum absolute atomic E-state index is 0.148. The highest BCUT2D eigenvalue weighted by molar-refractivity contribution is 7.92. The molecule has 1 aromatic heterocycles. The number of fused-ring (bicyclic) bond motifs is 1. The predicted molar refractivity (Wildman–Crippen MR) is 182 cm³/mol. The van der Waals surface area contributed by atoms with E-state index in [1.807, 2.05) is 32.0 Å². The third-order valence-corrected chi connectivity index (χ3v) is 9.43. The largest absolute Gasteiger partial charge is 0.493 e. The fourth-order valence-corrected chi connectivity index (χ4v) is 6.62. The van der Waals surface area contributed by atoms with Crippen LogP contribution in [0.1, 0.15) is 56.7 Å². The number of hydrogen-bond donors (Lipinski definition) is 1. The van der Waals surface area contributed by atoms with Crippen LogP contribution in [-0.2, 0) is 10.0 Å². The molecule has 0 aliphatic carbocycles. The Bertz CT molecular complexity index is 1720. The second kappa shape index (κ2) is 15.9. The summed E-state index contributed by atoms with van der Waals surface area (Å²) in [6.07, 6.45) is 8.62. The number of nitrogens with zero attached hydrogens (tertiary/aromatic N) is 2. The zero-order valence-electron chi connectivity index (χ0n) is 26.8. The molecule has 7 nitrogen and oxygen atoms in total. The lowest BCUT2D eigenvalue weighted by atomic mass is 9.99. The molecule has 0 radical (unpaired) electrons. The van der Waals surface area contributed by atoms with Crippen LogP contribution in [0.5, 0.6) is 11.5 Å². The highest BCUT2D eigenvalue weighted by Gasteiger charge is 2.18. The molecule has 4 aromatic rings. The Morgan fingerprint density at radius 1 is 1.00 bits per heavy atom. The monoisotopic (exact) mass is 633 g/mol. The van der Waals surface area contributed by atoms with E-state index < -0.39 is 15.8 Å². The van der Waals surface area contributed by atoms with Crippen LogP contribution in [0, 0.1) is 18.7 Å². The second-order valence-corrected chi connectivity index (χ2v) is 12.7. The van der Waals surface area contributed by atoms with Gasteiger partial charge in [0, 0.05) is 29.8 Å². The molecule has 0 amide bonds. The summed E-state index contributed by atoms with van der Waals surface area (Å²) in [6.45, 7) is 11.9. The van der Waals surface area contributed by atoms with Crippen molar-refractivity contribution in [2.24, 2.45) is 5.92 Å². The summed E-state index contributed by atoms with van der Waals surface area (Å²) in [5.41, 5.74) is 2.65. The van der Waals surface area contributed by atoms with Gasteiger partial charge in [0.25, 0.3) is 10.0 Å². The molecule has 1 N–H and O–H groups in total. The van der Waals surface area contributed by atoms with Crippen LogP contribution in [0.2, 0.25) is 0 Å². The SMILES string of the molecule is CC.COc1cc2c(/C=C\c3ccc(NS(=O)(=O)c4ccccc4C)cc3F)ccnc2cc1OCCCN1CCC(C)CC1. The Balaban J connectivity index is 0.00000226. The normalized spacial score (nSPS) is 14.3. The van der Waals surface area contributed by atoms with E-state index in [1.54, 1.807) is 62.7 Å². The number of pyridine rings is 1. The topological polar surface area (TPSA) is 80.8 Å². The molecule has 9 heteroatoms. The fraction of sp³-hybridized carbons (Fsp3) is 0.361. The van der Waals surface area contributed by atoms with Gasteiger partial charge in [-0.25, -0.2) is 12.8 Å². The van der Waals surface area contributed by atoms with Gasteiger partial charge in [0.2, 0.25) is 0 Å². The number of aryl methyl sites for hydroxylation is 1. The molecule has 1 aliphatic rings. The Labute approximate surface area is 267 Å². The van der Waals surface area contributed by atoms with Crippen LogP contribution in [0.25, 0.3) is 23.1 Å². The summed E-state index contributed by atoms with van der Waals surface area (Å²) in [4.78, 5) is 7.17. The van der Waals surface area contributed by atoms with Gasteiger partial charge in [-0.2, -0.15) is 0 Å². The summed E-state index contributed by atoms with van der Waals surface area (Å²) >= 11 is 0. The number of likely N-dealkylation sites (tertiary alicyclic amines) is 1. The number of hydrogen-bond acceptors (Lipinski definition) is 6. The summed E-state index contributed by atoms with van der Waals surface area (Å²) < 4.78 is 54.9. The van der Waals surface area contributed by atoms with E-state index in [4.69, 9.17) is 9.47 Å². The van der Waals surface area contributed by atoms with Gasteiger partial charge < -0.3 is 14.4 Å². The highest BCUT2D eigenvalue weighted by Crippen LogP contribution is 2.34. The molecule has 0 atom stereocenters. The molecule has 1 fully saturated rings. The number of nitrogens with one attached hydrogen (secondary N) is 1. The van der Waals surface area contributed by atoms with Crippen molar-refractivity contribution in [3.8, 4) is 11.5 Å². The number of piperidine rings is 1. The third kappa shape index (κ3) is 8.83. The lowest BCUT2D eigenvalue weighted by Gasteiger charge is -2.30. The van der Waals surface area contributed by atoms with Gasteiger partial charge in [0.1, 0.15) is 5.82 Å². The lowest BCUT2D eigenvalue weighted by Crippen LogP contribution is -2.34. The van der Waals surface area contributed by atoms with E-state index in [0.29, 0.717) is 29.2 Å². The van der Waals surface area contributed by atoms with E-state index in [0.717, 1.165) is 48.4 Å². The van der Waals surface area contributed by atoms with E-state index in [1.165, 1.54) is 25.0 Å². The summed E-state index contributed by atoms with van der Waals surface area (Å²) in [5, 5.41) is 0.841. The minimum Gasteiger partial charge on any atom is -0.493 e. The molecule has 1 aliphatic heterocycles.